The van der Waals surface area contributed by atoms with Crippen LogP contribution in [0.4, 0.5) is 11.4 Å². The normalized spacial score (nSPS) is 21.7. The van der Waals surface area contributed by atoms with E-state index in [9.17, 15) is 0 Å². The smallest absolute Gasteiger partial charge is 0.228 e. The third kappa shape index (κ3) is 2.12. The predicted octanol–water partition coefficient (Wildman–Crippen LogP) is 6.44. The molecule has 1 atom stereocenters. The van der Waals surface area contributed by atoms with Gasteiger partial charge in [-0.3, -0.25) is 4.99 Å². The summed E-state index contributed by atoms with van der Waals surface area (Å²) in [7, 11) is 2.11. The standard InChI is InChI=1S/C24H23BrN2O/c1-14-10-19-20(11-15(14)2)27(5)24(23(19,3)4)13-26-22-18-8-7-17(25)12-16(18)6-9-21(22)28-24/h6-13H,1-5H3. The highest BCUT2D eigenvalue weighted by Gasteiger charge is 2.58. The van der Waals surface area contributed by atoms with Gasteiger partial charge in [0.15, 0.2) is 0 Å². The SMILES string of the molecule is Cc1cc2c(cc1C)C(C)(C)C1(C=Nc3c(ccc4cc(Br)ccc34)O1)N2C. The zero-order chi connectivity index (χ0) is 19.8. The molecule has 2 heterocycles. The van der Waals surface area contributed by atoms with Gasteiger partial charge in [0.05, 0.1) is 11.6 Å². The number of rotatable bonds is 0. The first-order chi connectivity index (χ1) is 13.2. The molecule has 0 aliphatic carbocycles. The highest BCUT2D eigenvalue weighted by molar-refractivity contribution is 9.10. The van der Waals surface area contributed by atoms with Gasteiger partial charge < -0.3 is 9.64 Å². The number of fused-ring (bicyclic) bond motifs is 4. The molecule has 1 spiro atoms. The lowest BCUT2D eigenvalue weighted by Gasteiger charge is -2.45. The van der Waals surface area contributed by atoms with E-state index in [1.54, 1.807) is 0 Å². The Morgan fingerprint density at radius 2 is 1.75 bits per heavy atom. The number of benzene rings is 3. The summed E-state index contributed by atoms with van der Waals surface area (Å²) in [6.45, 7) is 8.83. The van der Waals surface area contributed by atoms with Crippen molar-refractivity contribution in [1.29, 1.82) is 0 Å². The molecular weight excluding hydrogens is 412 g/mol. The number of halogens is 1. The van der Waals surface area contributed by atoms with Gasteiger partial charge in [-0.25, -0.2) is 0 Å². The van der Waals surface area contributed by atoms with E-state index in [-0.39, 0.29) is 5.41 Å². The van der Waals surface area contributed by atoms with Crippen molar-refractivity contribution in [3.63, 3.8) is 0 Å². The van der Waals surface area contributed by atoms with Crippen molar-refractivity contribution >= 4 is 44.3 Å². The molecule has 0 fully saturated rings. The van der Waals surface area contributed by atoms with E-state index in [0.717, 1.165) is 26.7 Å². The summed E-state index contributed by atoms with van der Waals surface area (Å²) in [6, 6.07) is 15.0. The maximum atomic E-state index is 6.77. The number of aryl methyl sites for hydroxylation is 2. The molecule has 5 rings (SSSR count). The molecule has 0 amide bonds. The molecule has 1 unspecified atom stereocenters. The summed E-state index contributed by atoms with van der Waals surface area (Å²) < 4.78 is 7.84. The minimum Gasteiger partial charge on any atom is -0.459 e. The summed E-state index contributed by atoms with van der Waals surface area (Å²) >= 11 is 3.55. The Morgan fingerprint density at radius 1 is 1.00 bits per heavy atom. The third-order valence-corrected chi connectivity index (χ3v) is 7.08. The molecule has 2 aliphatic heterocycles. The molecule has 3 aromatic rings. The number of nitrogens with zero attached hydrogens (tertiary/aromatic N) is 2. The topological polar surface area (TPSA) is 24.8 Å². The van der Waals surface area contributed by atoms with E-state index >= 15 is 0 Å². The molecule has 2 aliphatic rings. The lowest BCUT2D eigenvalue weighted by molar-refractivity contribution is 0.0826. The fourth-order valence-corrected chi connectivity index (χ4v) is 5.02. The van der Waals surface area contributed by atoms with E-state index in [1.165, 1.54) is 22.4 Å². The zero-order valence-electron chi connectivity index (χ0n) is 16.8. The highest BCUT2D eigenvalue weighted by atomic mass is 79.9. The Balaban J connectivity index is 1.70. The van der Waals surface area contributed by atoms with E-state index in [4.69, 9.17) is 9.73 Å². The molecule has 0 aromatic heterocycles. The Bertz CT molecular complexity index is 1180. The maximum Gasteiger partial charge on any atom is 0.228 e. The van der Waals surface area contributed by atoms with Crippen LogP contribution >= 0.6 is 15.9 Å². The molecule has 0 bridgehead atoms. The monoisotopic (exact) mass is 434 g/mol. The molecule has 3 nitrogen and oxygen atoms in total. The van der Waals surface area contributed by atoms with Crippen molar-refractivity contribution in [2.75, 3.05) is 11.9 Å². The van der Waals surface area contributed by atoms with Crippen molar-refractivity contribution in [2.45, 2.75) is 38.8 Å². The number of aliphatic imine (C=N–C) groups is 1. The van der Waals surface area contributed by atoms with Gasteiger partial charge in [0.2, 0.25) is 5.72 Å². The third-order valence-electron chi connectivity index (χ3n) is 6.59. The molecule has 142 valence electrons. The Morgan fingerprint density at radius 3 is 2.54 bits per heavy atom. The van der Waals surface area contributed by atoms with Crippen molar-refractivity contribution < 1.29 is 4.74 Å². The first kappa shape index (κ1) is 17.7. The van der Waals surface area contributed by atoms with E-state index in [1.807, 2.05) is 12.3 Å². The van der Waals surface area contributed by atoms with Gasteiger partial charge in [-0.05, 0) is 74.0 Å². The van der Waals surface area contributed by atoms with Crippen LogP contribution in [0, 0.1) is 13.8 Å². The summed E-state index contributed by atoms with van der Waals surface area (Å²) in [5.41, 5.74) is 5.13. The summed E-state index contributed by atoms with van der Waals surface area (Å²) in [5, 5.41) is 2.26. The number of hydrogen-bond acceptors (Lipinski definition) is 3. The second-order valence-corrected chi connectivity index (χ2v) is 9.39. The Hall–Kier alpha value is -2.33. The van der Waals surface area contributed by atoms with Gasteiger partial charge in [0, 0.05) is 22.6 Å². The van der Waals surface area contributed by atoms with Crippen LogP contribution < -0.4 is 9.64 Å². The fourth-order valence-electron chi connectivity index (χ4n) is 4.64. The fraction of sp³-hybridized carbons (Fsp3) is 0.292. The summed E-state index contributed by atoms with van der Waals surface area (Å²) in [5.74, 6) is 0.832. The molecule has 0 saturated carbocycles. The predicted molar refractivity (Wildman–Crippen MR) is 121 cm³/mol. The van der Waals surface area contributed by atoms with Crippen LogP contribution in [0.5, 0.6) is 5.75 Å². The second-order valence-electron chi connectivity index (χ2n) is 8.47. The quantitative estimate of drug-likeness (QED) is 0.406. The molecule has 0 N–H and O–H groups in total. The molecule has 28 heavy (non-hydrogen) atoms. The average Bonchev–Trinajstić information content (AvgIpc) is 2.81. The number of hydrogen-bond donors (Lipinski definition) is 0. The first-order valence-electron chi connectivity index (χ1n) is 9.57. The summed E-state index contributed by atoms with van der Waals surface area (Å²) in [4.78, 5) is 7.20. The van der Waals surface area contributed by atoms with Crippen LogP contribution in [-0.4, -0.2) is 19.0 Å². The van der Waals surface area contributed by atoms with E-state index in [0.29, 0.717) is 0 Å². The van der Waals surface area contributed by atoms with Crippen molar-refractivity contribution in [3.05, 3.63) is 63.6 Å². The lowest BCUT2D eigenvalue weighted by atomic mass is 9.77. The van der Waals surface area contributed by atoms with Gasteiger partial charge in [0.25, 0.3) is 0 Å². The Kier molecular flexibility index (Phi) is 3.55. The highest BCUT2D eigenvalue weighted by Crippen LogP contribution is 2.54. The molecule has 0 saturated heterocycles. The van der Waals surface area contributed by atoms with Crippen molar-refractivity contribution in [3.8, 4) is 5.75 Å². The maximum absolute atomic E-state index is 6.77. The summed E-state index contributed by atoms with van der Waals surface area (Å²) in [6.07, 6.45) is 2.00. The van der Waals surface area contributed by atoms with Crippen LogP contribution in [0.3, 0.4) is 0 Å². The number of anilines is 1. The van der Waals surface area contributed by atoms with Crippen LogP contribution in [-0.2, 0) is 5.41 Å². The van der Waals surface area contributed by atoms with Gasteiger partial charge in [-0.15, -0.1) is 0 Å². The van der Waals surface area contributed by atoms with Crippen molar-refractivity contribution in [1.82, 2.24) is 0 Å². The minimum atomic E-state index is -0.647. The molecule has 4 heteroatoms. The number of likely N-dealkylation sites (N-methyl/N-ethyl adjacent to an activating group) is 1. The minimum absolute atomic E-state index is 0.245. The molecule has 3 aromatic carbocycles. The largest absolute Gasteiger partial charge is 0.459 e. The van der Waals surface area contributed by atoms with Gasteiger partial charge in [-0.1, -0.05) is 34.1 Å². The number of ether oxygens (including phenoxy) is 1. The van der Waals surface area contributed by atoms with Gasteiger partial charge in [0.1, 0.15) is 11.4 Å². The second kappa shape index (κ2) is 5.60. The van der Waals surface area contributed by atoms with Gasteiger partial charge >= 0.3 is 0 Å². The van der Waals surface area contributed by atoms with Crippen LogP contribution in [0.15, 0.2) is 51.9 Å². The van der Waals surface area contributed by atoms with Crippen LogP contribution in [0.1, 0.15) is 30.5 Å². The van der Waals surface area contributed by atoms with Gasteiger partial charge in [-0.2, -0.15) is 0 Å². The average molecular weight is 435 g/mol. The van der Waals surface area contributed by atoms with Crippen LogP contribution in [0.25, 0.3) is 10.8 Å². The lowest BCUT2D eigenvalue weighted by Crippen LogP contribution is -2.61. The van der Waals surface area contributed by atoms with Crippen LogP contribution in [0.2, 0.25) is 0 Å². The molecular formula is C24H23BrN2O. The zero-order valence-corrected chi connectivity index (χ0v) is 18.4. The van der Waals surface area contributed by atoms with E-state index < -0.39 is 5.72 Å². The van der Waals surface area contributed by atoms with Crippen molar-refractivity contribution in [2.24, 2.45) is 4.99 Å². The Labute approximate surface area is 174 Å². The molecule has 0 radical (unpaired) electrons. The van der Waals surface area contributed by atoms with E-state index in [2.05, 4.69) is 92.0 Å². The first-order valence-corrected chi connectivity index (χ1v) is 10.4.